The van der Waals surface area contributed by atoms with E-state index in [0.717, 1.165) is 11.3 Å². The number of rotatable bonds is 3. The summed E-state index contributed by atoms with van der Waals surface area (Å²) in [4.78, 5) is 0. The van der Waals surface area contributed by atoms with Gasteiger partial charge in [0.15, 0.2) is 0 Å². The fourth-order valence-corrected chi connectivity index (χ4v) is 1.48. The lowest BCUT2D eigenvalue weighted by molar-refractivity contribution is 0.475. The Hall–Kier alpha value is -1.59. The minimum atomic E-state index is -0.286. The highest BCUT2D eigenvalue weighted by atomic mass is 35.5. The molecule has 0 aliphatic carbocycles. The third-order valence-electron chi connectivity index (χ3n) is 2.19. The van der Waals surface area contributed by atoms with Gasteiger partial charge in [-0.3, -0.25) is 0 Å². The smallest absolute Gasteiger partial charge is 0.320 e. The first kappa shape index (κ1) is 11.9. The number of benzene rings is 1. The zero-order valence-electron chi connectivity index (χ0n) is 9.57. The SMILES string of the molecule is Cc1ccc(Cl)c(Nc2nnc(C(C)N)o2)c1. The summed E-state index contributed by atoms with van der Waals surface area (Å²) in [5.41, 5.74) is 7.44. The molecule has 0 spiro atoms. The van der Waals surface area contributed by atoms with E-state index < -0.39 is 0 Å². The summed E-state index contributed by atoms with van der Waals surface area (Å²) < 4.78 is 5.33. The highest BCUT2D eigenvalue weighted by molar-refractivity contribution is 6.33. The van der Waals surface area contributed by atoms with Crippen molar-refractivity contribution in [3.63, 3.8) is 0 Å². The van der Waals surface area contributed by atoms with Crippen LogP contribution in [0.5, 0.6) is 0 Å². The quantitative estimate of drug-likeness (QED) is 0.878. The van der Waals surface area contributed by atoms with Crippen LogP contribution in [0.1, 0.15) is 24.4 Å². The Morgan fingerprint density at radius 2 is 2.18 bits per heavy atom. The molecule has 2 rings (SSSR count). The molecule has 3 N–H and O–H groups in total. The van der Waals surface area contributed by atoms with Crippen LogP contribution in [-0.2, 0) is 0 Å². The van der Waals surface area contributed by atoms with Crippen LogP contribution in [0.25, 0.3) is 0 Å². The predicted molar refractivity (Wildman–Crippen MR) is 66.4 cm³/mol. The molecule has 6 heteroatoms. The van der Waals surface area contributed by atoms with Crippen LogP contribution < -0.4 is 11.1 Å². The number of nitrogens with two attached hydrogens (primary N) is 1. The van der Waals surface area contributed by atoms with Crippen LogP contribution >= 0.6 is 11.6 Å². The normalized spacial score (nSPS) is 12.5. The van der Waals surface area contributed by atoms with Gasteiger partial charge in [0.05, 0.1) is 16.8 Å². The van der Waals surface area contributed by atoms with E-state index >= 15 is 0 Å². The fourth-order valence-electron chi connectivity index (χ4n) is 1.32. The third-order valence-corrected chi connectivity index (χ3v) is 2.52. The molecule has 17 heavy (non-hydrogen) atoms. The van der Waals surface area contributed by atoms with E-state index in [-0.39, 0.29) is 12.1 Å². The van der Waals surface area contributed by atoms with E-state index in [1.165, 1.54) is 0 Å². The van der Waals surface area contributed by atoms with Crippen LogP contribution in [0.4, 0.5) is 11.7 Å². The monoisotopic (exact) mass is 252 g/mol. The Morgan fingerprint density at radius 1 is 1.41 bits per heavy atom. The summed E-state index contributed by atoms with van der Waals surface area (Å²) >= 11 is 6.04. The van der Waals surface area contributed by atoms with Gasteiger partial charge in [-0.1, -0.05) is 22.8 Å². The van der Waals surface area contributed by atoms with Gasteiger partial charge >= 0.3 is 6.01 Å². The van der Waals surface area contributed by atoms with E-state index in [9.17, 15) is 0 Å². The van der Waals surface area contributed by atoms with Gasteiger partial charge < -0.3 is 15.5 Å². The summed E-state index contributed by atoms with van der Waals surface area (Å²) in [7, 11) is 0. The van der Waals surface area contributed by atoms with Crippen LogP contribution in [0.3, 0.4) is 0 Å². The molecule has 0 aliphatic rings. The number of aromatic nitrogens is 2. The molecule has 1 aromatic heterocycles. The van der Waals surface area contributed by atoms with Crippen LogP contribution in [-0.4, -0.2) is 10.2 Å². The predicted octanol–water partition coefficient (Wildman–Crippen LogP) is 2.79. The highest BCUT2D eigenvalue weighted by Crippen LogP contribution is 2.26. The Balaban J connectivity index is 2.22. The van der Waals surface area contributed by atoms with Gasteiger partial charge in [0.2, 0.25) is 5.89 Å². The number of nitrogens with one attached hydrogen (secondary N) is 1. The zero-order valence-corrected chi connectivity index (χ0v) is 10.3. The van der Waals surface area contributed by atoms with Crippen molar-refractivity contribution in [1.29, 1.82) is 0 Å². The Kier molecular flexibility index (Phi) is 3.31. The van der Waals surface area contributed by atoms with Gasteiger partial charge in [0.25, 0.3) is 0 Å². The van der Waals surface area contributed by atoms with Crippen molar-refractivity contribution in [2.24, 2.45) is 5.73 Å². The zero-order chi connectivity index (χ0) is 12.4. The second kappa shape index (κ2) is 4.73. The molecule has 2 aromatic rings. The number of nitrogens with zero attached hydrogens (tertiary/aromatic N) is 2. The lowest BCUT2D eigenvalue weighted by Gasteiger charge is -2.04. The number of aryl methyl sites for hydroxylation is 1. The van der Waals surface area contributed by atoms with E-state index in [1.54, 1.807) is 6.92 Å². The van der Waals surface area contributed by atoms with Gasteiger partial charge in [-0.25, -0.2) is 0 Å². The maximum Gasteiger partial charge on any atom is 0.320 e. The molecule has 1 aromatic carbocycles. The van der Waals surface area contributed by atoms with Crippen LogP contribution in [0, 0.1) is 6.92 Å². The maximum atomic E-state index is 6.04. The summed E-state index contributed by atoms with van der Waals surface area (Å²) in [6, 6.07) is 5.63. The van der Waals surface area contributed by atoms with Gasteiger partial charge in [-0.05, 0) is 31.5 Å². The molecule has 0 saturated heterocycles. The molecule has 1 unspecified atom stereocenters. The van der Waals surface area contributed by atoms with Gasteiger partial charge in [0.1, 0.15) is 0 Å². The molecule has 90 valence electrons. The summed E-state index contributed by atoms with van der Waals surface area (Å²) in [5, 5.41) is 11.2. The molecule has 0 saturated carbocycles. The van der Waals surface area contributed by atoms with Crippen molar-refractivity contribution in [3.05, 3.63) is 34.7 Å². The van der Waals surface area contributed by atoms with E-state index in [0.29, 0.717) is 10.9 Å². The summed E-state index contributed by atoms with van der Waals surface area (Å²) in [6.07, 6.45) is 0. The number of anilines is 2. The van der Waals surface area contributed by atoms with Crippen molar-refractivity contribution in [1.82, 2.24) is 10.2 Å². The number of hydrogen-bond donors (Lipinski definition) is 2. The molecule has 0 bridgehead atoms. The third kappa shape index (κ3) is 2.75. The number of hydrogen-bond acceptors (Lipinski definition) is 5. The number of halogens is 1. The minimum absolute atomic E-state index is 0.282. The van der Waals surface area contributed by atoms with E-state index in [1.807, 2.05) is 25.1 Å². The van der Waals surface area contributed by atoms with Gasteiger partial charge in [-0.2, -0.15) is 0 Å². The average Bonchev–Trinajstić information content (AvgIpc) is 2.72. The maximum absolute atomic E-state index is 6.04. The largest absolute Gasteiger partial charge is 0.406 e. The van der Waals surface area contributed by atoms with E-state index in [2.05, 4.69) is 15.5 Å². The van der Waals surface area contributed by atoms with Gasteiger partial charge in [-0.15, -0.1) is 5.10 Å². The standard InChI is InChI=1S/C11H13ClN4O/c1-6-3-4-8(12)9(5-6)14-11-16-15-10(17-11)7(2)13/h3-5,7H,13H2,1-2H3,(H,14,16). The molecule has 0 amide bonds. The molecule has 5 nitrogen and oxygen atoms in total. The Bertz CT molecular complexity index is 524. The molecule has 0 aliphatic heterocycles. The average molecular weight is 253 g/mol. The minimum Gasteiger partial charge on any atom is -0.406 e. The molecular formula is C11H13ClN4O. The van der Waals surface area contributed by atoms with Crippen molar-refractivity contribution in [2.45, 2.75) is 19.9 Å². The van der Waals surface area contributed by atoms with E-state index in [4.69, 9.17) is 21.8 Å². The molecule has 1 atom stereocenters. The van der Waals surface area contributed by atoms with Crippen molar-refractivity contribution >= 4 is 23.3 Å². The lowest BCUT2D eigenvalue weighted by Crippen LogP contribution is -2.04. The second-order valence-corrected chi connectivity index (χ2v) is 4.25. The first-order valence-electron chi connectivity index (χ1n) is 5.18. The van der Waals surface area contributed by atoms with Gasteiger partial charge in [0, 0.05) is 0 Å². The highest BCUT2D eigenvalue weighted by Gasteiger charge is 2.11. The lowest BCUT2D eigenvalue weighted by atomic mass is 10.2. The molecular weight excluding hydrogens is 240 g/mol. The first-order valence-corrected chi connectivity index (χ1v) is 5.56. The Morgan fingerprint density at radius 3 is 2.82 bits per heavy atom. The molecule has 0 fully saturated rings. The van der Waals surface area contributed by atoms with Crippen LogP contribution in [0.2, 0.25) is 5.02 Å². The second-order valence-electron chi connectivity index (χ2n) is 3.84. The summed E-state index contributed by atoms with van der Waals surface area (Å²) in [5.74, 6) is 0.385. The fraction of sp³-hybridized carbons (Fsp3) is 0.273. The topological polar surface area (TPSA) is 77.0 Å². The first-order chi connectivity index (χ1) is 8.06. The van der Waals surface area contributed by atoms with Crippen molar-refractivity contribution < 1.29 is 4.42 Å². The van der Waals surface area contributed by atoms with Crippen molar-refractivity contribution in [2.75, 3.05) is 5.32 Å². The molecule has 1 heterocycles. The van der Waals surface area contributed by atoms with Crippen molar-refractivity contribution in [3.8, 4) is 0 Å². The molecule has 0 radical (unpaired) electrons. The Labute approximate surface area is 104 Å². The summed E-state index contributed by atoms with van der Waals surface area (Å²) in [6.45, 7) is 3.75. The van der Waals surface area contributed by atoms with Crippen LogP contribution in [0.15, 0.2) is 22.6 Å².